The number of ether oxygens (including phenoxy) is 4. The molecule has 0 saturated carbocycles. The zero-order chi connectivity index (χ0) is 78.6. The van der Waals surface area contributed by atoms with Crippen LogP contribution in [0.4, 0.5) is 0 Å². The fourth-order valence-electron chi connectivity index (χ4n) is 13.5. The van der Waals surface area contributed by atoms with E-state index >= 15 is 0 Å². The number of amides is 6. The lowest BCUT2D eigenvalue weighted by molar-refractivity contribution is -0.150. The van der Waals surface area contributed by atoms with Crippen LogP contribution in [0.1, 0.15) is 255 Å². The maximum absolute atomic E-state index is 15.0. The number of nitrogens with one attached hydrogen (secondary N) is 2. The summed E-state index contributed by atoms with van der Waals surface area (Å²) in [5.74, 6) is -11.1. The molecule has 102 heavy (non-hydrogen) atoms. The minimum Gasteiger partial charge on any atom is -0.392 e. The number of allylic oxidation sites excluding steroid dienone is 2. The van der Waals surface area contributed by atoms with Crippen molar-refractivity contribution in [3.8, 4) is 0 Å². The van der Waals surface area contributed by atoms with Gasteiger partial charge in [0.1, 0.15) is 12.1 Å². The van der Waals surface area contributed by atoms with Gasteiger partial charge >= 0.3 is 0 Å². The standard InChI is InChI=1S/C70H122N6O15.C10H22O/c1-23-27-29-46(15)65(83)52-40-59(80)63(45(13)14)76(22)69(87)50(34-41(5)6)38-58(79)55(36-43(9)10)73(19)68(86)48(17)71-66(84)47(16)37-57(78)54(35-42(7)8)74(20)70(88)51(44(11)12)39-60(81)64(49(18)91-33-28-30-62(89-25-3)90-26-4)75(21)61(82)32-31-56(77)53(24-2)72-67(52)85;1-5-11-10(4)8-6-7-9(2)3/h23,27,41-55,62-65,83H,24-26,28-40H2,1-22H3,(H,71,84)(H,72,85);9-10H,5-8H2,1-4H3/b27-23+;/t46-,47-,48-,49-,50-,51+,52+,53+,54+,55+,63+,64+,65-;/m1./s1. The molecule has 3 N–H and O–H groups in total. The smallest absolute Gasteiger partial charge is 0.245 e. The summed E-state index contributed by atoms with van der Waals surface area (Å²) in [6, 6.07) is -6.72. The Morgan fingerprint density at radius 1 is 0.500 bits per heavy atom. The van der Waals surface area contributed by atoms with Crippen molar-refractivity contribution in [1.82, 2.24) is 30.2 Å². The van der Waals surface area contributed by atoms with Crippen LogP contribution in [-0.2, 0) is 71.7 Å². The number of aliphatic hydroxyl groups excluding tert-OH is 1. The molecule has 0 aromatic rings. The predicted octanol–water partition coefficient (Wildman–Crippen LogP) is 11.6. The monoisotopic (exact) mass is 1450 g/mol. The molecule has 0 bridgehead atoms. The Labute approximate surface area is 616 Å². The average Bonchev–Trinajstić information content (AvgIpc) is 0.823. The number of likely N-dealkylation sites (N-methyl/N-ethyl adjacent to an activating group) is 4. The molecule has 1 aliphatic heterocycles. The largest absolute Gasteiger partial charge is 0.392 e. The second kappa shape index (κ2) is 50.2. The molecule has 1 aliphatic rings. The van der Waals surface area contributed by atoms with Crippen LogP contribution in [-0.4, -0.2) is 205 Å². The van der Waals surface area contributed by atoms with Gasteiger partial charge in [-0.1, -0.05) is 129 Å². The maximum atomic E-state index is 15.0. The van der Waals surface area contributed by atoms with Gasteiger partial charge in [-0.3, -0.25) is 52.7 Å². The van der Waals surface area contributed by atoms with Crippen LogP contribution in [0.15, 0.2) is 12.2 Å². The molecule has 0 aromatic heterocycles. The van der Waals surface area contributed by atoms with Gasteiger partial charge in [0.2, 0.25) is 35.4 Å². The molecule has 1 saturated heterocycles. The van der Waals surface area contributed by atoms with Gasteiger partial charge in [-0.15, -0.1) is 0 Å². The zero-order valence-corrected chi connectivity index (χ0v) is 68.3. The fraction of sp³-hybridized carbons (Fsp3) is 0.838. The number of rotatable bonds is 29. The summed E-state index contributed by atoms with van der Waals surface area (Å²) >= 11 is 0. The van der Waals surface area contributed by atoms with E-state index in [0.717, 1.165) is 12.5 Å². The molecule has 0 aromatic carbocycles. The summed E-state index contributed by atoms with van der Waals surface area (Å²) in [5.41, 5.74) is 0. The van der Waals surface area contributed by atoms with E-state index in [1.54, 1.807) is 61.5 Å². The lowest BCUT2D eigenvalue weighted by Gasteiger charge is -2.36. The summed E-state index contributed by atoms with van der Waals surface area (Å²) in [5, 5.41) is 17.5. The van der Waals surface area contributed by atoms with Gasteiger partial charge in [0.05, 0.1) is 48.4 Å². The molecule has 0 aliphatic carbocycles. The Balaban J connectivity index is 0.00000847. The topological polar surface area (TPSA) is 282 Å². The van der Waals surface area contributed by atoms with Crippen LogP contribution in [0, 0.1) is 65.1 Å². The van der Waals surface area contributed by atoms with Crippen molar-refractivity contribution in [3.63, 3.8) is 0 Å². The number of aliphatic hydroxyl groups is 1. The van der Waals surface area contributed by atoms with E-state index in [0.29, 0.717) is 38.6 Å². The molecule has 1 rings (SSSR count). The zero-order valence-electron chi connectivity index (χ0n) is 68.3. The first-order chi connectivity index (χ1) is 47.6. The van der Waals surface area contributed by atoms with Crippen LogP contribution in [0.25, 0.3) is 0 Å². The number of nitrogens with zero attached hydrogens (tertiary/aromatic N) is 4. The fourth-order valence-corrected chi connectivity index (χ4v) is 13.5. The summed E-state index contributed by atoms with van der Waals surface area (Å²) in [7, 11) is 5.91. The van der Waals surface area contributed by atoms with E-state index in [-0.39, 0.29) is 82.1 Å². The van der Waals surface area contributed by atoms with Gasteiger partial charge in [0, 0.05) is 117 Å². The van der Waals surface area contributed by atoms with Crippen molar-refractivity contribution in [3.05, 3.63) is 12.2 Å². The van der Waals surface area contributed by atoms with Gasteiger partial charge in [0.15, 0.2) is 35.2 Å². The average molecular weight is 1450 g/mol. The predicted molar refractivity (Wildman–Crippen MR) is 403 cm³/mol. The lowest BCUT2D eigenvalue weighted by atomic mass is 9.82. The Morgan fingerprint density at radius 3 is 1.51 bits per heavy atom. The van der Waals surface area contributed by atoms with Gasteiger partial charge in [-0.25, -0.2) is 0 Å². The second-order valence-corrected chi connectivity index (χ2v) is 31.2. The van der Waals surface area contributed by atoms with E-state index < -0.39 is 167 Å². The highest BCUT2D eigenvalue weighted by molar-refractivity contribution is 5.99. The quantitative estimate of drug-likeness (QED) is 0.0356. The third kappa shape index (κ3) is 34.3. The molecule has 0 radical (unpaired) electrons. The number of carbonyl (C=O) groups excluding carboxylic acids is 11. The Morgan fingerprint density at radius 2 is 1.02 bits per heavy atom. The summed E-state index contributed by atoms with van der Waals surface area (Å²) in [6.45, 7) is 42.8. The third-order valence-electron chi connectivity index (χ3n) is 19.6. The van der Waals surface area contributed by atoms with Crippen LogP contribution in [0.2, 0.25) is 0 Å². The highest BCUT2D eigenvalue weighted by Gasteiger charge is 2.43. The molecule has 6 amide bonds. The highest BCUT2D eigenvalue weighted by Crippen LogP contribution is 2.30. The minimum atomic E-state index is -1.39. The molecular formula is C80H144N6O16. The van der Waals surface area contributed by atoms with Gasteiger partial charge in [-0.2, -0.15) is 0 Å². The normalized spacial score (nSPS) is 25.0. The lowest BCUT2D eigenvalue weighted by Crippen LogP contribution is -2.53. The van der Waals surface area contributed by atoms with Gasteiger partial charge < -0.3 is 54.3 Å². The second-order valence-electron chi connectivity index (χ2n) is 31.2. The third-order valence-corrected chi connectivity index (χ3v) is 19.6. The number of Topliss-reactive ketones (excluding diaryl/α,β-unsaturated/α-hetero) is 5. The molecule has 1 fully saturated rings. The maximum Gasteiger partial charge on any atom is 0.245 e. The molecular weight excluding hydrogens is 1300 g/mol. The number of hydrogen-bond acceptors (Lipinski definition) is 16. The van der Waals surface area contributed by atoms with E-state index in [4.69, 9.17) is 18.9 Å². The number of hydrogen-bond donors (Lipinski definition) is 3. The number of carbonyl (C=O) groups is 11. The molecule has 0 spiro atoms. The van der Waals surface area contributed by atoms with Crippen LogP contribution < -0.4 is 10.6 Å². The van der Waals surface area contributed by atoms with Crippen molar-refractivity contribution in [1.29, 1.82) is 0 Å². The van der Waals surface area contributed by atoms with Crippen LogP contribution >= 0.6 is 0 Å². The molecule has 14 atom stereocenters. The summed E-state index contributed by atoms with van der Waals surface area (Å²) in [6.07, 6.45) is 5.03. The Bertz CT molecular complexity index is 2580. The molecule has 22 heteroatoms. The SMILES string of the molecule is C/C=C/C[C@@H](C)[C@@H](O)[C@@H]1CC(=O)[C@H](C(C)C)N(C)C(=O)[C@H](CC(C)C)CC(=O)[C@H](CC(C)C)N(C)C(=O)[C@@H](C)NC(=O)[C@H](C)CC(=O)[C@H](CC(C)C)N(C)C(=O)[C@H](C(C)C)CC(=O)[C@H]([C@@H](C)OCCCC(OCC)OCC)N(C)C(=O)CCC(=O)[C@H](CC)NC1=O.CCOC(C)CCCC(C)C. The minimum absolute atomic E-state index is 0.0818. The first-order valence-electron chi connectivity index (χ1n) is 38.7. The Hall–Kier alpha value is -5.29. The van der Waals surface area contributed by atoms with Gasteiger partial charge in [0.25, 0.3) is 0 Å². The van der Waals surface area contributed by atoms with Crippen LogP contribution in [0.3, 0.4) is 0 Å². The number of ketones is 5. The first kappa shape index (κ1) is 96.7. The van der Waals surface area contributed by atoms with E-state index in [9.17, 15) is 57.8 Å². The van der Waals surface area contributed by atoms with Crippen molar-refractivity contribution >= 4 is 64.4 Å². The van der Waals surface area contributed by atoms with Crippen LogP contribution in [0.5, 0.6) is 0 Å². The van der Waals surface area contributed by atoms with E-state index in [2.05, 4.69) is 38.3 Å². The van der Waals surface area contributed by atoms with E-state index in [1.165, 1.54) is 74.0 Å². The Kier molecular flexibility index (Phi) is 47.6. The van der Waals surface area contributed by atoms with Gasteiger partial charge in [-0.05, 0) is 135 Å². The highest BCUT2D eigenvalue weighted by atomic mass is 16.7. The molecule has 1 unspecified atom stereocenters. The van der Waals surface area contributed by atoms with E-state index in [1.807, 2.05) is 68.4 Å². The first-order valence-corrected chi connectivity index (χ1v) is 38.7. The van der Waals surface area contributed by atoms with Crippen molar-refractivity contribution in [2.45, 2.75) is 316 Å². The van der Waals surface area contributed by atoms with Crippen molar-refractivity contribution in [2.75, 3.05) is 54.6 Å². The van der Waals surface area contributed by atoms with Crippen molar-refractivity contribution in [2.24, 2.45) is 65.1 Å². The molecule has 590 valence electrons. The molecule has 1 heterocycles. The summed E-state index contributed by atoms with van der Waals surface area (Å²) < 4.78 is 23.1. The summed E-state index contributed by atoms with van der Waals surface area (Å²) in [4.78, 5) is 166. The molecule has 22 nitrogen and oxygen atoms in total. The van der Waals surface area contributed by atoms with Crippen molar-refractivity contribution < 1.29 is 76.8 Å².